The highest BCUT2D eigenvalue weighted by Gasteiger charge is 2.17. The molecular formula is C18H16F4O2. The molecule has 0 radical (unpaired) electrons. The standard InChI is InChI=1S/C18H16F4O2/c1-3-11(9-5-13(19)17(23)14(20)6-9)12(4-2)10-7-15(21)18(24)16(22)8-10/h5-8,23-24H,3-4H2,1-2H3/b12-11+. The highest BCUT2D eigenvalue weighted by Crippen LogP contribution is 2.35. The third-order valence-corrected chi connectivity index (χ3v) is 3.80. The molecule has 0 saturated heterocycles. The smallest absolute Gasteiger partial charge is 0.187 e. The quantitative estimate of drug-likeness (QED) is 0.579. The van der Waals surface area contributed by atoms with Crippen LogP contribution in [0.15, 0.2) is 24.3 Å². The number of rotatable bonds is 4. The molecule has 2 rings (SSSR count). The van der Waals surface area contributed by atoms with Crippen molar-refractivity contribution in [2.24, 2.45) is 0 Å². The zero-order valence-electron chi connectivity index (χ0n) is 13.1. The number of phenolic OH excluding ortho intramolecular Hbond substituents is 2. The van der Waals surface area contributed by atoms with Crippen LogP contribution in [0.4, 0.5) is 17.6 Å². The summed E-state index contributed by atoms with van der Waals surface area (Å²) in [4.78, 5) is 0. The summed E-state index contributed by atoms with van der Waals surface area (Å²) in [6.07, 6.45) is 0.688. The third kappa shape index (κ3) is 3.22. The number of phenols is 2. The molecule has 0 aliphatic carbocycles. The molecule has 2 aromatic rings. The van der Waals surface area contributed by atoms with Crippen molar-refractivity contribution in [1.82, 2.24) is 0 Å². The maximum Gasteiger partial charge on any atom is 0.187 e. The first-order valence-corrected chi connectivity index (χ1v) is 7.38. The van der Waals surface area contributed by atoms with E-state index < -0.39 is 34.8 Å². The van der Waals surface area contributed by atoms with Gasteiger partial charge in [-0.15, -0.1) is 0 Å². The lowest BCUT2D eigenvalue weighted by atomic mass is 9.91. The van der Waals surface area contributed by atoms with Crippen molar-refractivity contribution in [2.75, 3.05) is 0 Å². The molecule has 0 heterocycles. The summed E-state index contributed by atoms with van der Waals surface area (Å²) in [5.41, 5.74) is 1.33. The van der Waals surface area contributed by atoms with Gasteiger partial charge in [0.05, 0.1) is 0 Å². The maximum atomic E-state index is 13.6. The zero-order valence-corrected chi connectivity index (χ0v) is 13.1. The fourth-order valence-corrected chi connectivity index (χ4v) is 2.66. The molecule has 0 atom stereocenters. The Balaban J connectivity index is 2.71. The number of benzene rings is 2. The fraction of sp³-hybridized carbons (Fsp3) is 0.222. The Morgan fingerprint density at radius 2 is 0.917 bits per heavy atom. The molecule has 0 unspecified atom stereocenters. The minimum absolute atomic E-state index is 0.177. The van der Waals surface area contributed by atoms with Gasteiger partial charge in [0.15, 0.2) is 34.8 Å². The molecule has 2 nitrogen and oxygen atoms in total. The van der Waals surface area contributed by atoms with E-state index in [1.807, 2.05) is 0 Å². The molecule has 0 aliphatic heterocycles. The average molecular weight is 340 g/mol. The predicted molar refractivity (Wildman–Crippen MR) is 83.4 cm³/mol. The van der Waals surface area contributed by atoms with Gasteiger partial charge in [0.1, 0.15) is 0 Å². The first-order valence-electron chi connectivity index (χ1n) is 7.38. The number of halogens is 4. The van der Waals surface area contributed by atoms with Crippen LogP contribution in [0.5, 0.6) is 11.5 Å². The van der Waals surface area contributed by atoms with E-state index in [0.29, 0.717) is 24.0 Å². The van der Waals surface area contributed by atoms with Crippen LogP contribution < -0.4 is 0 Å². The lowest BCUT2D eigenvalue weighted by molar-refractivity contribution is 0.396. The Morgan fingerprint density at radius 3 is 1.12 bits per heavy atom. The Bertz CT molecular complexity index is 699. The van der Waals surface area contributed by atoms with E-state index in [0.717, 1.165) is 24.3 Å². The molecule has 0 fully saturated rings. The van der Waals surface area contributed by atoms with Gasteiger partial charge in [-0.05, 0) is 59.4 Å². The first-order chi connectivity index (χ1) is 11.3. The summed E-state index contributed by atoms with van der Waals surface area (Å²) < 4.78 is 54.5. The molecule has 2 N–H and O–H groups in total. The maximum absolute atomic E-state index is 13.6. The van der Waals surface area contributed by atoms with Gasteiger partial charge in [0.2, 0.25) is 0 Å². The van der Waals surface area contributed by atoms with Crippen molar-refractivity contribution < 1.29 is 27.8 Å². The molecule has 2 aromatic carbocycles. The molecule has 0 amide bonds. The normalized spacial score (nSPS) is 12.2. The minimum Gasteiger partial charge on any atom is -0.503 e. The topological polar surface area (TPSA) is 40.5 Å². The molecule has 0 bridgehead atoms. The molecule has 0 aliphatic rings. The summed E-state index contributed by atoms with van der Waals surface area (Å²) >= 11 is 0. The van der Waals surface area contributed by atoms with Gasteiger partial charge in [-0.25, -0.2) is 17.6 Å². The molecular weight excluding hydrogens is 324 g/mol. The molecule has 0 aromatic heterocycles. The second-order valence-electron chi connectivity index (χ2n) is 5.24. The molecule has 24 heavy (non-hydrogen) atoms. The van der Waals surface area contributed by atoms with Crippen molar-refractivity contribution in [2.45, 2.75) is 26.7 Å². The van der Waals surface area contributed by atoms with E-state index in [1.165, 1.54) is 0 Å². The monoisotopic (exact) mass is 340 g/mol. The fourth-order valence-electron chi connectivity index (χ4n) is 2.66. The SMILES string of the molecule is CC/C(=C(/CC)c1cc(F)c(O)c(F)c1)c1cc(F)c(O)c(F)c1. The van der Waals surface area contributed by atoms with Gasteiger partial charge in [-0.3, -0.25) is 0 Å². The third-order valence-electron chi connectivity index (χ3n) is 3.80. The van der Waals surface area contributed by atoms with Crippen LogP contribution in [-0.2, 0) is 0 Å². The van der Waals surface area contributed by atoms with Crippen molar-refractivity contribution in [3.05, 3.63) is 58.7 Å². The Kier molecular flexibility index (Phi) is 5.17. The highest BCUT2D eigenvalue weighted by atomic mass is 19.1. The molecule has 6 heteroatoms. The van der Waals surface area contributed by atoms with Crippen LogP contribution in [0.25, 0.3) is 11.1 Å². The van der Waals surface area contributed by atoms with E-state index in [4.69, 9.17) is 0 Å². The largest absolute Gasteiger partial charge is 0.503 e. The lowest BCUT2D eigenvalue weighted by Gasteiger charge is -2.15. The van der Waals surface area contributed by atoms with Crippen LogP contribution in [0, 0.1) is 23.3 Å². The average Bonchev–Trinajstić information content (AvgIpc) is 2.54. The molecule has 128 valence electrons. The van der Waals surface area contributed by atoms with Crippen molar-refractivity contribution in [1.29, 1.82) is 0 Å². The summed E-state index contributed by atoms with van der Waals surface area (Å²) in [6.45, 7) is 3.47. The summed E-state index contributed by atoms with van der Waals surface area (Å²) in [6, 6.07) is 3.89. The Morgan fingerprint density at radius 1 is 0.667 bits per heavy atom. The highest BCUT2D eigenvalue weighted by molar-refractivity contribution is 5.91. The van der Waals surface area contributed by atoms with Gasteiger partial charge < -0.3 is 10.2 Å². The van der Waals surface area contributed by atoms with Crippen LogP contribution in [0.2, 0.25) is 0 Å². The molecule has 0 spiro atoms. The number of hydrogen-bond acceptors (Lipinski definition) is 2. The zero-order chi connectivity index (χ0) is 18.0. The number of aromatic hydroxyl groups is 2. The second kappa shape index (κ2) is 6.95. The van der Waals surface area contributed by atoms with Gasteiger partial charge >= 0.3 is 0 Å². The van der Waals surface area contributed by atoms with Crippen LogP contribution in [-0.4, -0.2) is 10.2 Å². The van der Waals surface area contributed by atoms with Crippen molar-refractivity contribution in [3.63, 3.8) is 0 Å². The van der Waals surface area contributed by atoms with E-state index in [2.05, 4.69) is 0 Å². The number of allylic oxidation sites excluding steroid dienone is 2. The van der Waals surface area contributed by atoms with Crippen LogP contribution in [0.3, 0.4) is 0 Å². The first kappa shape index (κ1) is 17.8. The number of hydrogen-bond donors (Lipinski definition) is 2. The van der Waals surface area contributed by atoms with Crippen molar-refractivity contribution in [3.8, 4) is 11.5 Å². The van der Waals surface area contributed by atoms with E-state index in [1.54, 1.807) is 13.8 Å². The van der Waals surface area contributed by atoms with Crippen LogP contribution in [0.1, 0.15) is 37.8 Å². The Hall–Kier alpha value is -2.50. The van der Waals surface area contributed by atoms with Crippen molar-refractivity contribution >= 4 is 11.1 Å². The summed E-state index contributed by atoms with van der Waals surface area (Å²) in [7, 11) is 0. The summed E-state index contributed by atoms with van der Waals surface area (Å²) in [5.74, 6) is -6.61. The lowest BCUT2D eigenvalue weighted by Crippen LogP contribution is -1.96. The van der Waals surface area contributed by atoms with Crippen LogP contribution >= 0.6 is 0 Å². The van der Waals surface area contributed by atoms with Gasteiger partial charge in [0.25, 0.3) is 0 Å². The van der Waals surface area contributed by atoms with Gasteiger partial charge in [0, 0.05) is 0 Å². The predicted octanol–water partition coefficient (Wildman–Crippen LogP) is 5.39. The second-order valence-corrected chi connectivity index (χ2v) is 5.24. The minimum atomic E-state index is -1.12. The Labute approximate surface area is 136 Å². The van der Waals surface area contributed by atoms with Gasteiger partial charge in [-0.1, -0.05) is 13.8 Å². The van der Waals surface area contributed by atoms with E-state index in [-0.39, 0.29) is 11.1 Å². The summed E-state index contributed by atoms with van der Waals surface area (Å²) in [5, 5.41) is 18.4. The van der Waals surface area contributed by atoms with E-state index in [9.17, 15) is 27.8 Å². The van der Waals surface area contributed by atoms with Gasteiger partial charge in [-0.2, -0.15) is 0 Å². The molecule has 0 saturated carbocycles. The van der Waals surface area contributed by atoms with E-state index >= 15 is 0 Å².